The topological polar surface area (TPSA) is 53.5 Å². The average Bonchev–Trinajstić information content (AvgIpc) is 2.81. The largest absolute Gasteiger partial charge is 0.368 e. The molecule has 0 spiro atoms. The number of anilines is 1. The van der Waals surface area contributed by atoms with Gasteiger partial charge in [-0.15, -0.1) is 0 Å². The molecule has 2 heterocycles. The normalized spacial score (nSPS) is 16.7. The van der Waals surface area contributed by atoms with Crippen LogP contribution in [0, 0.1) is 6.92 Å². The number of rotatable bonds is 3. The van der Waals surface area contributed by atoms with Gasteiger partial charge in [-0.3, -0.25) is 4.98 Å². The van der Waals surface area contributed by atoms with Gasteiger partial charge in [0.15, 0.2) is 0 Å². The Kier molecular flexibility index (Phi) is 5.53. The molecule has 0 unspecified atom stereocenters. The smallest absolute Gasteiger partial charge is 0.243 e. The number of sulfonamides is 1. The maximum absolute atomic E-state index is 12.9. The monoisotopic (exact) mass is 399 g/mol. The van der Waals surface area contributed by atoms with E-state index in [4.69, 9.17) is 23.2 Å². The summed E-state index contributed by atoms with van der Waals surface area (Å²) in [6.45, 7) is 3.94. The van der Waals surface area contributed by atoms with Crippen LogP contribution in [0.15, 0.2) is 41.6 Å². The van der Waals surface area contributed by atoms with E-state index in [1.807, 2.05) is 17.9 Å². The van der Waals surface area contributed by atoms with Crippen LogP contribution in [0.1, 0.15) is 12.0 Å². The Morgan fingerprint density at radius 1 is 1.04 bits per heavy atom. The summed E-state index contributed by atoms with van der Waals surface area (Å²) in [5, 5.41) is 0.949. The lowest BCUT2D eigenvalue weighted by atomic mass is 10.2. The Hall–Kier alpha value is -1.34. The second-order valence-electron chi connectivity index (χ2n) is 6.01. The summed E-state index contributed by atoms with van der Waals surface area (Å²) in [4.78, 5) is 6.33. The number of aryl methyl sites for hydroxylation is 1. The molecular formula is C17H19Cl2N3O2S. The highest BCUT2D eigenvalue weighted by Crippen LogP contribution is 2.33. The van der Waals surface area contributed by atoms with Crippen LogP contribution >= 0.6 is 23.2 Å². The lowest BCUT2D eigenvalue weighted by Gasteiger charge is -2.25. The molecule has 0 amide bonds. The summed E-state index contributed by atoms with van der Waals surface area (Å²) in [5.74, 6) is 0. The number of benzene rings is 1. The molecule has 2 aromatic rings. The van der Waals surface area contributed by atoms with E-state index in [0.29, 0.717) is 53.2 Å². The van der Waals surface area contributed by atoms with Gasteiger partial charge in [0.1, 0.15) is 0 Å². The third kappa shape index (κ3) is 3.92. The molecule has 0 atom stereocenters. The zero-order valence-electron chi connectivity index (χ0n) is 13.8. The molecule has 134 valence electrons. The molecule has 1 aromatic carbocycles. The molecule has 1 aliphatic rings. The molecule has 0 radical (unpaired) electrons. The van der Waals surface area contributed by atoms with Crippen LogP contribution < -0.4 is 4.90 Å². The van der Waals surface area contributed by atoms with E-state index < -0.39 is 10.0 Å². The van der Waals surface area contributed by atoms with Gasteiger partial charge in [-0.1, -0.05) is 35.3 Å². The maximum atomic E-state index is 12.9. The standard InChI is InChI=1S/C17H19Cl2N3O2S/c1-13-4-2-5-14(10-13)25(23,24)22-7-3-6-21(8-9-22)17-15(18)11-20-12-16(17)19/h2,4-5,10-12H,3,6-9H2,1H3. The number of halogens is 2. The van der Waals surface area contributed by atoms with Crippen molar-refractivity contribution in [3.8, 4) is 0 Å². The average molecular weight is 400 g/mol. The van der Waals surface area contributed by atoms with Gasteiger partial charge in [-0.25, -0.2) is 8.42 Å². The van der Waals surface area contributed by atoms with Crippen LogP contribution in [0.25, 0.3) is 0 Å². The van der Waals surface area contributed by atoms with E-state index in [1.165, 1.54) is 4.31 Å². The van der Waals surface area contributed by atoms with Crippen molar-refractivity contribution in [2.75, 3.05) is 31.1 Å². The predicted molar refractivity (Wildman–Crippen MR) is 101 cm³/mol. The van der Waals surface area contributed by atoms with E-state index in [1.54, 1.807) is 30.6 Å². The molecule has 0 bridgehead atoms. The molecule has 0 N–H and O–H groups in total. The molecule has 1 aliphatic heterocycles. The third-order valence-electron chi connectivity index (χ3n) is 4.23. The molecule has 1 fully saturated rings. The van der Waals surface area contributed by atoms with Gasteiger partial charge in [-0.2, -0.15) is 4.31 Å². The second kappa shape index (κ2) is 7.50. The molecule has 1 aromatic heterocycles. The lowest BCUT2D eigenvalue weighted by molar-refractivity contribution is 0.433. The molecule has 3 rings (SSSR count). The van der Waals surface area contributed by atoms with Crippen molar-refractivity contribution < 1.29 is 8.42 Å². The Balaban J connectivity index is 1.82. The van der Waals surface area contributed by atoms with Crippen molar-refractivity contribution in [2.45, 2.75) is 18.2 Å². The van der Waals surface area contributed by atoms with E-state index in [2.05, 4.69) is 4.98 Å². The van der Waals surface area contributed by atoms with Crippen LogP contribution in [-0.2, 0) is 10.0 Å². The molecule has 8 heteroatoms. The Morgan fingerprint density at radius 3 is 2.44 bits per heavy atom. The van der Waals surface area contributed by atoms with Crippen molar-refractivity contribution >= 4 is 38.9 Å². The van der Waals surface area contributed by atoms with Crippen molar-refractivity contribution in [2.24, 2.45) is 0 Å². The number of pyridine rings is 1. The first-order chi connectivity index (χ1) is 11.9. The number of hydrogen-bond acceptors (Lipinski definition) is 4. The van der Waals surface area contributed by atoms with Crippen molar-refractivity contribution in [1.29, 1.82) is 0 Å². The van der Waals surface area contributed by atoms with Gasteiger partial charge in [0, 0.05) is 38.6 Å². The van der Waals surface area contributed by atoms with Gasteiger partial charge in [0.2, 0.25) is 10.0 Å². The fourth-order valence-electron chi connectivity index (χ4n) is 2.99. The predicted octanol–water partition coefficient (Wildman–Crippen LogP) is 3.60. The highest BCUT2D eigenvalue weighted by molar-refractivity contribution is 7.89. The summed E-state index contributed by atoms with van der Waals surface area (Å²) in [6.07, 6.45) is 3.80. The molecule has 25 heavy (non-hydrogen) atoms. The highest BCUT2D eigenvalue weighted by Gasteiger charge is 2.28. The van der Waals surface area contributed by atoms with Gasteiger partial charge in [0.05, 0.1) is 20.6 Å². The lowest BCUT2D eigenvalue weighted by Crippen LogP contribution is -2.35. The summed E-state index contributed by atoms with van der Waals surface area (Å²) >= 11 is 12.5. The van der Waals surface area contributed by atoms with Gasteiger partial charge >= 0.3 is 0 Å². The quantitative estimate of drug-likeness (QED) is 0.790. The fourth-order valence-corrected chi connectivity index (χ4v) is 5.17. The van der Waals surface area contributed by atoms with Crippen LogP contribution in [0.5, 0.6) is 0 Å². The molecular weight excluding hydrogens is 381 g/mol. The van der Waals surface area contributed by atoms with Crippen LogP contribution in [0.2, 0.25) is 10.0 Å². The minimum Gasteiger partial charge on any atom is -0.368 e. The van der Waals surface area contributed by atoms with E-state index in [9.17, 15) is 8.42 Å². The summed E-state index contributed by atoms with van der Waals surface area (Å²) in [7, 11) is -3.51. The number of nitrogens with zero attached hydrogens (tertiary/aromatic N) is 3. The van der Waals surface area contributed by atoms with Gasteiger partial charge in [-0.05, 0) is 31.0 Å². The molecule has 0 saturated carbocycles. The Morgan fingerprint density at radius 2 is 1.76 bits per heavy atom. The third-order valence-corrected chi connectivity index (χ3v) is 6.67. The Bertz CT molecular complexity index is 854. The summed E-state index contributed by atoms with van der Waals surface area (Å²) in [5.41, 5.74) is 1.64. The highest BCUT2D eigenvalue weighted by atomic mass is 35.5. The van der Waals surface area contributed by atoms with Gasteiger partial charge in [0.25, 0.3) is 0 Å². The fraction of sp³-hybridized carbons (Fsp3) is 0.353. The van der Waals surface area contributed by atoms with Crippen molar-refractivity contribution in [1.82, 2.24) is 9.29 Å². The number of aromatic nitrogens is 1. The van der Waals surface area contributed by atoms with Crippen molar-refractivity contribution in [3.63, 3.8) is 0 Å². The first kappa shape index (κ1) is 18.5. The molecule has 1 saturated heterocycles. The van der Waals surface area contributed by atoms with E-state index in [0.717, 1.165) is 5.56 Å². The summed E-state index contributed by atoms with van der Waals surface area (Å²) in [6, 6.07) is 7.00. The first-order valence-electron chi connectivity index (χ1n) is 8.00. The van der Waals surface area contributed by atoms with Crippen LogP contribution in [0.4, 0.5) is 5.69 Å². The zero-order valence-corrected chi connectivity index (χ0v) is 16.2. The second-order valence-corrected chi connectivity index (χ2v) is 8.77. The summed E-state index contributed by atoms with van der Waals surface area (Å²) < 4.78 is 27.4. The van der Waals surface area contributed by atoms with Crippen LogP contribution in [-0.4, -0.2) is 43.9 Å². The minimum absolute atomic E-state index is 0.334. The van der Waals surface area contributed by atoms with Gasteiger partial charge < -0.3 is 4.90 Å². The van der Waals surface area contributed by atoms with E-state index in [-0.39, 0.29) is 0 Å². The Labute approximate surface area is 158 Å². The molecule has 5 nitrogen and oxygen atoms in total. The van der Waals surface area contributed by atoms with E-state index >= 15 is 0 Å². The zero-order chi connectivity index (χ0) is 18.0. The molecule has 0 aliphatic carbocycles. The van der Waals surface area contributed by atoms with Crippen molar-refractivity contribution in [3.05, 3.63) is 52.3 Å². The number of hydrogen-bond donors (Lipinski definition) is 0. The SMILES string of the molecule is Cc1cccc(S(=O)(=O)N2CCCN(c3c(Cl)cncc3Cl)CC2)c1. The maximum Gasteiger partial charge on any atom is 0.243 e. The van der Waals surface area contributed by atoms with Crippen LogP contribution in [0.3, 0.4) is 0 Å². The first-order valence-corrected chi connectivity index (χ1v) is 10.2. The minimum atomic E-state index is -3.51.